The summed E-state index contributed by atoms with van der Waals surface area (Å²) in [4.78, 5) is 24.1. The number of nitrogens with one attached hydrogen (secondary N) is 1. The lowest BCUT2D eigenvalue weighted by atomic mass is 9.97. The fourth-order valence-corrected chi connectivity index (χ4v) is 5.73. The van der Waals surface area contributed by atoms with Crippen LogP contribution in [0.15, 0.2) is 27.9 Å². The Labute approximate surface area is 163 Å². The minimum Gasteiger partial charge on any atom is -0.353 e. The second-order valence-corrected chi connectivity index (χ2v) is 9.98. The monoisotopic (exact) mass is 411 g/mol. The van der Waals surface area contributed by atoms with Gasteiger partial charge in [0.2, 0.25) is 15.9 Å². The summed E-state index contributed by atoms with van der Waals surface area (Å²) >= 11 is 1.04. The maximum Gasteiger partial charge on any atom is 0.307 e. The maximum absolute atomic E-state index is 13.0. The van der Waals surface area contributed by atoms with E-state index in [1.54, 1.807) is 25.2 Å². The number of amides is 1. The Balaban J connectivity index is 1.73. The summed E-state index contributed by atoms with van der Waals surface area (Å²) < 4.78 is 29.5. The SMILES string of the molecule is CCC(C)NC(=O)C1CCN(S(=O)(=O)c2ccc3c(c2)sc(=O)n3C)CC1. The van der Waals surface area contributed by atoms with E-state index in [1.165, 1.54) is 8.87 Å². The number of sulfonamides is 1. The van der Waals surface area contributed by atoms with Crippen molar-refractivity contribution in [2.24, 2.45) is 13.0 Å². The van der Waals surface area contributed by atoms with Gasteiger partial charge in [-0.3, -0.25) is 9.59 Å². The van der Waals surface area contributed by atoms with Crippen LogP contribution >= 0.6 is 11.3 Å². The minimum absolute atomic E-state index is 0.0110. The van der Waals surface area contributed by atoms with Crippen molar-refractivity contribution in [3.63, 3.8) is 0 Å². The first-order valence-corrected chi connectivity index (χ1v) is 11.4. The van der Waals surface area contributed by atoms with E-state index in [9.17, 15) is 18.0 Å². The molecule has 0 bridgehead atoms. The van der Waals surface area contributed by atoms with E-state index in [-0.39, 0.29) is 27.6 Å². The summed E-state index contributed by atoms with van der Waals surface area (Å²) in [7, 11) is -1.97. The van der Waals surface area contributed by atoms with Crippen LogP contribution in [0.2, 0.25) is 0 Å². The zero-order valence-electron chi connectivity index (χ0n) is 15.8. The van der Waals surface area contributed by atoms with Crippen LogP contribution < -0.4 is 10.2 Å². The third kappa shape index (κ3) is 3.95. The number of aryl methyl sites for hydroxylation is 1. The van der Waals surface area contributed by atoms with Gasteiger partial charge in [0.25, 0.3) is 0 Å². The molecule has 1 aliphatic heterocycles. The molecule has 0 radical (unpaired) electrons. The lowest BCUT2D eigenvalue weighted by molar-refractivity contribution is -0.126. The Bertz CT molecular complexity index is 1000. The Morgan fingerprint density at radius 3 is 2.63 bits per heavy atom. The van der Waals surface area contributed by atoms with Crippen molar-refractivity contribution in [2.75, 3.05) is 13.1 Å². The molecule has 1 saturated heterocycles. The van der Waals surface area contributed by atoms with Gasteiger partial charge in [0, 0.05) is 32.1 Å². The Morgan fingerprint density at radius 1 is 1.33 bits per heavy atom. The zero-order chi connectivity index (χ0) is 19.8. The second kappa shape index (κ2) is 7.73. The van der Waals surface area contributed by atoms with Gasteiger partial charge in [0.05, 0.1) is 15.1 Å². The van der Waals surface area contributed by atoms with Gasteiger partial charge in [-0.2, -0.15) is 4.31 Å². The number of hydrogen-bond acceptors (Lipinski definition) is 5. The van der Waals surface area contributed by atoms with Crippen LogP contribution in [0, 0.1) is 5.92 Å². The average molecular weight is 412 g/mol. The summed E-state index contributed by atoms with van der Waals surface area (Å²) in [6, 6.07) is 4.92. The van der Waals surface area contributed by atoms with Gasteiger partial charge >= 0.3 is 4.87 Å². The predicted octanol–water partition coefficient (Wildman–Crippen LogP) is 1.92. The van der Waals surface area contributed by atoms with Crippen molar-refractivity contribution in [3.8, 4) is 0 Å². The summed E-state index contributed by atoms with van der Waals surface area (Å²) in [6.07, 6.45) is 1.90. The van der Waals surface area contributed by atoms with Crippen LogP contribution in [0.3, 0.4) is 0 Å². The molecule has 3 rings (SSSR count). The number of hydrogen-bond donors (Lipinski definition) is 1. The molecule has 2 heterocycles. The Kier molecular flexibility index (Phi) is 5.73. The van der Waals surface area contributed by atoms with Gasteiger partial charge in [-0.15, -0.1) is 0 Å². The Morgan fingerprint density at radius 2 is 2.00 bits per heavy atom. The van der Waals surface area contributed by atoms with Crippen molar-refractivity contribution in [3.05, 3.63) is 27.9 Å². The second-order valence-electron chi connectivity index (χ2n) is 7.05. The van der Waals surface area contributed by atoms with Crippen molar-refractivity contribution in [2.45, 2.75) is 44.0 Å². The summed E-state index contributed by atoms with van der Waals surface area (Å²) in [5.74, 6) is -0.135. The average Bonchev–Trinajstić information content (AvgIpc) is 2.95. The van der Waals surface area contributed by atoms with Gasteiger partial charge in [0.15, 0.2) is 0 Å². The van der Waals surface area contributed by atoms with Crippen LogP contribution in [0.5, 0.6) is 0 Å². The standard InChI is InChI=1S/C18H25N3O4S2/c1-4-12(2)19-17(22)13-7-9-21(10-8-13)27(24,25)14-5-6-15-16(11-14)26-18(23)20(15)3/h5-6,11-13H,4,7-10H2,1-3H3,(H,19,22). The minimum atomic E-state index is -3.64. The van der Waals surface area contributed by atoms with E-state index < -0.39 is 10.0 Å². The molecule has 27 heavy (non-hydrogen) atoms. The highest BCUT2D eigenvalue weighted by atomic mass is 32.2. The first-order valence-electron chi connectivity index (χ1n) is 9.14. The van der Waals surface area contributed by atoms with E-state index >= 15 is 0 Å². The number of carbonyl (C=O) groups is 1. The third-order valence-corrected chi connectivity index (χ3v) is 8.12. The fourth-order valence-electron chi connectivity index (χ4n) is 3.24. The van der Waals surface area contributed by atoms with Crippen LogP contribution in [-0.4, -0.2) is 42.3 Å². The van der Waals surface area contributed by atoms with E-state index in [2.05, 4.69) is 5.32 Å². The van der Waals surface area contributed by atoms with E-state index in [0.29, 0.717) is 30.6 Å². The molecule has 1 atom stereocenters. The molecular weight excluding hydrogens is 386 g/mol. The van der Waals surface area contributed by atoms with Crippen molar-refractivity contribution in [1.29, 1.82) is 0 Å². The van der Waals surface area contributed by atoms with Crippen molar-refractivity contribution in [1.82, 2.24) is 14.2 Å². The van der Waals surface area contributed by atoms with Gasteiger partial charge in [0.1, 0.15) is 0 Å². The molecule has 1 amide bonds. The van der Waals surface area contributed by atoms with Gasteiger partial charge in [-0.1, -0.05) is 18.3 Å². The molecular formula is C18H25N3O4S2. The number of fused-ring (bicyclic) bond motifs is 1. The summed E-state index contributed by atoms with van der Waals surface area (Å²) in [5, 5.41) is 2.97. The van der Waals surface area contributed by atoms with Crippen molar-refractivity contribution >= 4 is 37.5 Å². The normalized spacial score (nSPS) is 17.9. The summed E-state index contributed by atoms with van der Waals surface area (Å²) in [5.41, 5.74) is 0.726. The molecule has 1 aromatic heterocycles. The number of rotatable bonds is 5. The number of piperidine rings is 1. The molecule has 9 heteroatoms. The molecule has 148 valence electrons. The smallest absolute Gasteiger partial charge is 0.307 e. The van der Waals surface area contributed by atoms with Gasteiger partial charge < -0.3 is 9.88 Å². The molecule has 1 N–H and O–H groups in total. The third-order valence-electron chi connectivity index (χ3n) is 5.23. The maximum atomic E-state index is 13.0. The lowest BCUT2D eigenvalue weighted by Crippen LogP contribution is -2.44. The molecule has 0 saturated carbocycles. The van der Waals surface area contributed by atoms with Crippen LogP contribution in [0.1, 0.15) is 33.1 Å². The first-order chi connectivity index (χ1) is 12.7. The highest BCUT2D eigenvalue weighted by Crippen LogP contribution is 2.27. The Hall–Kier alpha value is -1.71. The van der Waals surface area contributed by atoms with E-state index in [0.717, 1.165) is 23.3 Å². The molecule has 1 aliphatic rings. The van der Waals surface area contributed by atoms with Gasteiger partial charge in [-0.05, 0) is 44.4 Å². The fraction of sp³-hybridized carbons (Fsp3) is 0.556. The van der Waals surface area contributed by atoms with Gasteiger partial charge in [-0.25, -0.2) is 8.42 Å². The molecule has 1 fully saturated rings. The number of nitrogens with zero attached hydrogens (tertiary/aromatic N) is 2. The summed E-state index contributed by atoms with van der Waals surface area (Å²) in [6.45, 7) is 4.62. The zero-order valence-corrected chi connectivity index (χ0v) is 17.4. The molecule has 0 aliphatic carbocycles. The molecule has 7 nitrogen and oxygen atoms in total. The van der Waals surface area contributed by atoms with E-state index in [1.807, 2.05) is 13.8 Å². The molecule has 2 aromatic rings. The number of carbonyl (C=O) groups excluding carboxylic acids is 1. The quantitative estimate of drug-likeness (QED) is 0.814. The largest absolute Gasteiger partial charge is 0.353 e. The molecule has 1 aromatic carbocycles. The van der Waals surface area contributed by atoms with E-state index in [4.69, 9.17) is 0 Å². The van der Waals surface area contributed by atoms with Crippen LogP contribution in [-0.2, 0) is 21.9 Å². The van der Waals surface area contributed by atoms with Crippen LogP contribution in [0.25, 0.3) is 10.2 Å². The van der Waals surface area contributed by atoms with Crippen molar-refractivity contribution < 1.29 is 13.2 Å². The highest BCUT2D eigenvalue weighted by Gasteiger charge is 2.32. The highest BCUT2D eigenvalue weighted by molar-refractivity contribution is 7.89. The lowest BCUT2D eigenvalue weighted by Gasteiger charge is -2.31. The first kappa shape index (κ1) is 20.0. The predicted molar refractivity (Wildman–Crippen MR) is 106 cm³/mol. The molecule has 0 spiro atoms. The number of thiazole rings is 1. The number of benzene rings is 1. The number of aromatic nitrogens is 1. The topological polar surface area (TPSA) is 88.5 Å². The molecule has 1 unspecified atom stereocenters. The van der Waals surface area contributed by atoms with Crippen LogP contribution in [0.4, 0.5) is 0 Å².